The highest BCUT2D eigenvalue weighted by Gasteiger charge is 2.38. The van der Waals surface area contributed by atoms with Gasteiger partial charge in [-0.2, -0.15) is 0 Å². The maximum Gasteiger partial charge on any atom is 0.0626 e. The van der Waals surface area contributed by atoms with Crippen LogP contribution in [0.4, 0.5) is 0 Å². The third kappa shape index (κ3) is 1.89. The predicted molar refractivity (Wildman–Crippen MR) is 153 cm³/mol. The summed E-state index contributed by atoms with van der Waals surface area (Å²) in [7, 11) is 2.21. The van der Waals surface area contributed by atoms with Gasteiger partial charge in [0.05, 0.1) is 22.1 Å². The minimum absolute atomic E-state index is 0.0567. The van der Waals surface area contributed by atoms with Gasteiger partial charge in [-0.3, -0.25) is 0 Å². The Kier molecular flexibility index (Phi) is 3.11. The molecule has 0 radical (unpaired) electrons. The van der Waals surface area contributed by atoms with Gasteiger partial charge >= 0.3 is 0 Å². The molecule has 8 aromatic rings. The van der Waals surface area contributed by atoms with Crippen molar-refractivity contribution in [2.24, 2.45) is 7.05 Å². The number of rotatable bonds is 0. The molecule has 0 fully saturated rings. The Morgan fingerprint density at radius 2 is 1.22 bits per heavy atom. The van der Waals surface area contributed by atoms with Crippen molar-refractivity contribution in [3.05, 3.63) is 102 Å². The highest BCUT2D eigenvalue weighted by atomic mass is 15.0. The van der Waals surface area contributed by atoms with E-state index in [1.807, 2.05) is 0 Å². The summed E-state index contributed by atoms with van der Waals surface area (Å²) in [5.41, 5.74) is 12.1. The minimum atomic E-state index is -0.0567. The first-order valence-corrected chi connectivity index (χ1v) is 12.8. The number of nitrogens with zero attached hydrogens (tertiary/aromatic N) is 2. The Morgan fingerprint density at radius 1 is 0.556 bits per heavy atom. The molecule has 3 aromatic heterocycles. The van der Waals surface area contributed by atoms with Gasteiger partial charge in [0.1, 0.15) is 0 Å². The van der Waals surface area contributed by atoms with E-state index < -0.39 is 0 Å². The van der Waals surface area contributed by atoms with Gasteiger partial charge in [0.15, 0.2) is 0 Å². The second-order valence-electron chi connectivity index (χ2n) is 11.0. The Hall–Kier alpha value is -4.30. The standard InChI is InChI=1S/C34H24N2/c1-34(2)23-13-6-4-11-20(23)29-24(34)18-22-19-10-5-7-14-25(19)36-28-17-9-16-27-32(28)30-21(31(29)33(22)36)12-8-15-26(30)35(27)3/h4-18H,1-3H3. The summed E-state index contributed by atoms with van der Waals surface area (Å²) < 4.78 is 4.92. The van der Waals surface area contributed by atoms with Gasteiger partial charge in [0.25, 0.3) is 0 Å². The van der Waals surface area contributed by atoms with E-state index in [4.69, 9.17) is 0 Å². The van der Waals surface area contributed by atoms with E-state index in [9.17, 15) is 0 Å². The average molecular weight is 461 g/mol. The van der Waals surface area contributed by atoms with Crippen LogP contribution in [0.1, 0.15) is 25.0 Å². The molecule has 2 heteroatoms. The Balaban J connectivity index is 1.77. The fourth-order valence-corrected chi connectivity index (χ4v) is 7.47. The van der Waals surface area contributed by atoms with Crippen LogP contribution in [0, 0.1) is 0 Å². The second kappa shape index (κ2) is 5.91. The molecule has 1 aliphatic rings. The van der Waals surface area contributed by atoms with Gasteiger partial charge in [-0.1, -0.05) is 74.5 Å². The minimum Gasteiger partial charge on any atom is -0.344 e. The van der Waals surface area contributed by atoms with E-state index in [2.05, 4.69) is 121 Å². The van der Waals surface area contributed by atoms with Gasteiger partial charge in [0, 0.05) is 44.9 Å². The molecule has 3 heterocycles. The van der Waals surface area contributed by atoms with Gasteiger partial charge in [-0.15, -0.1) is 0 Å². The highest BCUT2D eigenvalue weighted by Crippen LogP contribution is 2.55. The largest absolute Gasteiger partial charge is 0.344 e. The van der Waals surface area contributed by atoms with Crippen molar-refractivity contribution < 1.29 is 0 Å². The van der Waals surface area contributed by atoms with Crippen LogP contribution in [0.2, 0.25) is 0 Å². The smallest absolute Gasteiger partial charge is 0.0626 e. The Bertz CT molecular complexity index is 2240. The molecule has 2 nitrogen and oxygen atoms in total. The van der Waals surface area contributed by atoms with Crippen molar-refractivity contribution in [1.82, 2.24) is 8.97 Å². The van der Waals surface area contributed by atoms with Crippen molar-refractivity contribution in [2.45, 2.75) is 19.3 Å². The van der Waals surface area contributed by atoms with E-state index in [-0.39, 0.29) is 5.41 Å². The summed E-state index contributed by atoms with van der Waals surface area (Å²) in [5.74, 6) is 0. The van der Waals surface area contributed by atoms with Gasteiger partial charge in [0.2, 0.25) is 0 Å². The lowest BCUT2D eigenvalue weighted by Crippen LogP contribution is -2.14. The monoisotopic (exact) mass is 460 g/mol. The topological polar surface area (TPSA) is 9.34 Å². The average Bonchev–Trinajstić information content (AvgIpc) is 3.44. The number of hydrogen-bond donors (Lipinski definition) is 0. The van der Waals surface area contributed by atoms with Gasteiger partial charge in [-0.25, -0.2) is 0 Å². The molecule has 0 unspecified atom stereocenters. The van der Waals surface area contributed by atoms with Crippen molar-refractivity contribution in [2.75, 3.05) is 0 Å². The summed E-state index contributed by atoms with van der Waals surface area (Å²) >= 11 is 0. The molecule has 0 amide bonds. The molecule has 0 aliphatic heterocycles. The van der Waals surface area contributed by atoms with Crippen LogP contribution in [0.15, 0.2) is 91.0 Å². The molecule has 0 N–H and O–H groups in total. The molecule has 36 heavy (non-hydrogen) atoms. The third-order valence-corrected chi connectivity index (χ3v) is 9.05. The van der Waals surface area contributed by atoms with Gasteiger partial charge < -0.3 is 8.97 Å². The first-order valence-electron chi connectivity index (χ1n) is 12.8. The van der Waals surface area contributed by atoms with Crippen LogP contribution in [0.5, 0.6) is 0 Å². The summed E-state index contributed by atoms with van der Waals surface area (Å²) in [6.07, 6.45) is 0. The summed E-state index contributed by atoms with van der Waals surface area (Å²) in [6.45, 7) is 4.78. The van der Waals surface area contributed by atoms with E-state index in [1.165, 1.54) is 82.2 Å². The number of hydrogen-bond acceptors (Lipinski definition) is 0. The lowest BCUT2D eigenvalue weighted by Gasteiger charge is -2.21. The predicted octanol–water partition coefficient (Wildman–Crippen LogP) is 8.79. The molecule has 0 atom stereocenters. The molecular weight excluding hydrogens is 436 g/mol. The van der Waals surface area contributed by atoms with E-state index >= 15 is 0 Å². The van der Waals surface area contributed by atoms with Crippen LogP contribution in [0.3, 0.4) is 0 Å². The summed E-state index contributed by atoms with van der Waals surface area (Å²) in [4.78, 5) is 0. The fraction of sp³-hybridized carbons (Fsp3) is 0.118. The number of fused-ring (bicyclic) bond motifs is 9. The summed E-state index contributed by atoms with van der Waals surface area (Å²) in [5, 5.41) is 8.13. The lowest BCUT2D eigenvalue weighted by molar-refractivity contribution is 0.661. The van der Waals surface area contributed by atoms with E-state index in [0.29, 0.717) is 0 Å². The van der Waals surface area contributed by atoms with Gasteiger partial charge in [-0.05, 0) is 58.0 Å². The highest BCUT2D eigenvalue weighted by molar-refractivity contribution is 6.33. The molecule has 0 saturated heterocycles. The molecule has 1 aliphatic carbocycles. The molecule has 0 bridgehead atoms. The van der Waals surface area contributed by atoms with Crippen LogP contribution < -0.4 is 0 Å². The Morgan fingerprint density at radius 3 is 2.11 bits per heavy atom. The van der Waals surface area contributed by atoms with Crippen molar-refractivity contribution in [1.29, 1.82) is 0 Å². The van der Waals surface area contributed by atoms with E-state index in [1.54, 1.807) is 0 Å². The van der Waals surface area contributed by atoms with Crippen molar-refractivity contribution in [3.63, 3.8) is 0 Å². The molecule has 0 saturated carbocycles. The van der Waals surface area contributed by atoms with Crippen LogP contribution in [0.25, 0.3) is 71.0 Å². The first-order chi connectivity index (χ1) is 17.6. The molecule has 5 aromatic carbocycles. The van der Waals surface area contributed by atoms with Crippen molar-refractivity contribution in [3.8, 4) is 11.1 Å². The van der Waals surface area contributed by atoms with Crippen LogP contribution in [-0.2, 0) is 12.5 Å². The Labute approximate surface area is 208 Å². The maximum absolute atomic E-state index is 2.55. The number of benzene rings is 5. The normalized spacial score (nSPS) is 14.8. The maximum atomic E-state index is 2.55. The van der Waals surface area contributed by atoms with Crippen LogP contribution >= 0.6 is 0 Å². The number of aromatic nitrogens is 2. The van der Waals surface area contributed by atoms with E-state index in [0.717, 1.165) is 0 Å². The zero-order valence-electron chi connectivity index (χ0n) is 20.6. The third-order valence-electron chi connectivity index (χ3n) is 9.05. The first kappa shape index (κ1) is 19.0. The second-order valence-corrected chi connectivity index (χ2v) is 11.0. The zero-order valence-corrected chi connectivity index (χ0v) is 20.6. The molecule has 170 valence electrons. The molecule has 0 spiro atoms. The fourth-order valence-electron chi connectivity index (χ4n) is 7.47. The molecule has 9 rings (SSSR count). The number of para-hydroxylation sites is 1. The van der Waals surface area contributed by atoms with Crippen LogP contribution in [-0.4, -0.2) is 8.97 Å². The van der Waals surface area contributed by atoms with Crippen molar-refractivity contribution >= 4 is 59.9 Å². The summed E-state index contributed by atoms with van der Waals surface area (Å²) in [6, 6.07) is 34.2. The zero-order chi connectivity index (χ0) is 23.9. The quantitative estimate of drug-likeness (QED) is 0.214. The molecular formula is C34H24N2. The SMILES string of the molecule is Cn1c2cccc3c4c5c(cc6c7ccccc7n(c7cccc1c7c32)c64)C(C)(C)c1ccccc1-5. The lowest BCUT2D eigenvalue weighted by atomic mass is 9.81. The number of aryl methyl sites for hydroxylation is 1.